The molecule has 1 aliphatic rings. The minimum absolute atomic E-state index is 0.0461. The van der Waals surface area contributed by atoms with Gasteiger partial charge in [0.05, 0.1) is 0 Å². The van der Waals surface area contributed by atoms with Gasteiger partial charge in [0, 0.05) is 12.3 Å². The van der Waals surface area contributed by atoms with Crippen molar-refractivity contribution >= 4 is 28.8 Å². The summed E-state index contributed by atoms with van der Waals surface area (Å²) >= 11 is 1.17. The molecule has 0 saturated carbocycles. The molecule has 2 heterocycles. The first-order valence-electron chi connectivity index (χ1n) is 7.89. The number of hydrogen-bond donors (Lipinski definition) is 2. The Bertz CT molecular complexity index is 793. The Morgan fingerprint density at radius 3 is 2.69 bits per heavy atom. The van der Waals surface area contributed by atoms with Crippen molar-refractivity contribution in [2.45, 2.75) is 6.61 Å². The van der Waals surface area contributed by atoms with Gasteiger partial charge < -0.3 is 14.1 Å². The van der Waals surface area contributed by atoms with Crippen molar-refractivity contribution in [1.82, 2.24) is 15.8 Å². The van der Waals surface area contributed by atoms with E-state index in [1.807, 2.05) is 30.3 Å². The van der Waals surface area contributed by atoms with Gasteiger partial charge in [0.15, 0.2) is 5.76 Å². The maximum Gasteiger partial charge on any atom is 0.305 e. The number of hydrazine groups is 1. The SMILES string of the molecule is O=C(CN1CCSC1=O)NNC(=O)c1ccc(COc2ccccc2)o1. The summed E-state index contributed by atoms with van der Waals surface area (Å²) in [5.74, 6) is 0.810. The molecule has 9 heteroatoms. The fourth-order valence-corrected chi connectivity index (χ4v) is 3.04. The number of furan rings is 1. The Labute approximate surface area is 153 Å². The highest BCUT2D eigenvalue weighted by Gasteiger charge is 2.23. The molecule has 0 aliphatic carbocycles. The second-order valence-corrected chi connectivity index (χ2v) is 6.45. The van der Waals surface area contributed by atoms with Crippen molar-refractivity contribution in [3.05, 3.63) is 54.0 Å². The van der Waals surface area contributed by atoms with Crippen molar-refractivity contribution in [2.24, 2.45) is 0 Å². The Balaban J connectivity index is 1.44. The molecule has 0 radical (unpaired) electrons. The summed E-state index contributed by atoms with van der Waals surface area (Å²) in [7, 11) is 0. The molecule has 2 N–H and O–H groups in total. The first-order valence-corrected chi connectivity index (χ1v) is 8.88. The molecule has 136 valence electrons. The van der Waals surface area contributed by atoms with E-state index >= 15 is 0 Å². The van der Waals surface area contributed by atoms with Gasteiger partial charge >= 0.3 is 5.91 Å². The van der Waals surface area contributed by atoms with Gasteiger partial charge in [-0.3, -0.25) is 25.2 Å². The van der Waals surface area contributed by atoms with E-state index < -0.39 is 11.8 Å². The van der Waals surface area contributed by atoms with E-state index in [1.54, 1.807) is 6.07 Å². The maximum absolute atomic E-state index is 12.0. The molecule has 0 atom stereocenters. The third kappa shape index (κ3) is 4.79. The van der Waals surface area contributed by atoms with E-state index in [0.717, 1.165) is 0 Å². The Morgan fingerprint density at radius 2 is 1.96 bits per heavy atom. The smallest absolute Gasteiger partial charge is 0.305 e. The lowest BCUT2D eigenvalue weighted by molar-refractivity contribution is -0.122. The van der Waals surface area contributed by atoms with Crippen molar-refractivity contribution < 1.29 is 23.5 Å². The second kappa shape index (κ2) is 8.43. The van der Waals surface area contributed by atoms with E-state index in [0.29, 0.717) is 23.8 Å². The highest BCUT2D eigenvalue weighted by Crippen LogP contribution is 2.16. The lowest BCUT2D eigenvalue weighted by Gasteiger charge is -2.13. The summed E-state index contributed by atoms with van der Waals surface area (Å²) in [6, 6.07) is 12.3. The van der Waals surface area contributed by atoms with Gasteiger partial charge in [-0.05, 0) is 24.3 Å². The number of ether oxygens (including phenoxy) is 1. The average Bonchev–Trinajstić information content (AvgIpc) is 3.28. The van der Waals surface area contributed by atoms with Crippen LogP contribution in [0.15, 0.2) is 46.9 Å². The Hall–Kier alpha value is -2.94. The molecule has 0 bridgehead atoms. The van der Waals surface area contributed by atoms with Crippen LogP contribution in [0.1, 0.15) is 16.3 Å². The van der Waals surface area contributed by atoms with E-state index in [2.05, 4.69) is 10.9 Å². The fraction of sp³-hybridized carbons (Fsp3) is 0.235. The molecule has 0 unspecified atom stereocenters. The molecule has 8 nitrogen and oxygen atoms in total. The van der Waals surface area contributed by atoms with Crippen LogP contribution < -0.4 is 15.6 Å². The van der Waals surface area contributed by atoms with Gasteiger partial charge in [0.1, 0.15) is 24.7 Å². The van der Waals surface area contributed by atoms with Crippen LogP contribution in [0.3, 0.4) is 0 Å². The van der Waals surface area contributed by atoms with E-state index in [-0.39, 0.29) is 24.2 Å². The van der Waals surface area contributed by atoms with Crippen LogP contribution in [0.4, 0.5) is 4.79 Å². The number of carbonyl (C=O) groups is 3. The van der Waals surface area contributed by atoms with Gasteiger partial charge in [0.2, 0.25) is 0 Å². The zero-order chi connectivity index (χ0) is 18.4. The number of nitrogens with one attached hydrogen (secondary N) is 2. The monoisotopic (exact) mass is 375 g/mol. The second-order valence-electron chi connectivity index (χ2n) is 5.41. The van der Waals surface area contributed by atoms with Gasteiger partial charge in [-0.15, -0.1) is 0 Å². The van der Waals surface area contributed by atoms with Crippen LogP contribution in [0.5, 0.6) is 5.75 Å². The van der Waals surface area contributed by atoms with Crippen molar-refractivity contribution in [3.63, 3.8) is 0 Å². The zero-order valence-electron chi connectivity index (χ0n) is 13.8. The molecule has 1 aromatic heterocycles. The number of rotatable bonds is 6. The third-order valence-corrected chi connectivity index (χ3v) is 4.40. The quantitative estimate of drug-likeness (QED) is 0.747. The number of amides is 3. The maximum atomic E-state index is 12.0. The first kappa shape index (κ1) is 17.9. The van der Waals surface area contributed by atoms with Gasteiger partial charge in [-0.2, -0.15) is 0 Å². The molecule has 2 aromatic rings. The predicted molar refractivity (Wildman–Crippen MR) is 94.5 cm³/mol. The van der Waals surface area contributed by atoms with Crippen LogP contribution in [0, 0.1) is 0 Å². The highest BCUT2D eigenvalue weighted by atomic mass is 32.2. The van der Waals surface area contributed by atoms with Gasteiger partial charge in [-0.25, -0.2) is 0 Å². The normalized spacial score (nSPS) is 13.5. The summed E-state index contributed by atoms with van der Waals surface area (Å²) in [6.07, 6.45) is 0. The molecule has 26 heavy (non-hydrogen) atoms. The molecule has 0 spiro atoms. The predicted octanol–water partition coefficient (Wildman–Crippen LogP) is 1.79. The number of carbonyl (C=O) groups excluding carboxylic acids is 3. The van der Waals surface area contributed by atoms with E-state index in [4.69, 9.17) is 9.15 Å². The molecule has 1 aromatic carbocycles. The molecule has 3 amide bonds. The Morgan fingerprint density at radius 1 is 1.15 bits per heavy atom. The minimum atomic E-state index is -0.591. The van der Waals surface area contributed by atoms with Crippen LogP contribution in [0.25, 0.3) is 0 Å². The van der Waals surface area contributed by atoms with E-state index in [9.17, 15) is 14.4 Å². The lowest BCUT2D eigenvalue weighted by Crippen LogP contribution is -2.46. The van der Waals surface area contributed by atoms with Crippen molar-refractivity contribution in [1.29, 1.82) is 0 Å². The number of benzene rings is 1. The Kier molecular flexibility index (Phi) is 5.80. The summed E-state index contributed by atoms with van der Waals surface area (Å²) in [6.45, 7) is 0.604. The number of nitrogens with zero attached hydrogens (tertiary/aromatic N) is 1. The van der Waals surface area contributed by atoms with E-state index in [1.165, 1.54) is 22.7 Å². The van der Waals surface area contributed by atoms with Gasteiger partial charge in [0.25, 0.3) is 11.1 Å². The average molecular weight is 375 g/mol. The zero-order valence-corrected chi connectivity index (χ0v) is 14.6. The molecule has 1 aliphatic heterocycles. The topological polar surface area (TPSA) is 101 Å². The fourth-order valence-electron chi connectivity index (χ4n) is 2.22. The third-order valence-electron chi connectivity index (χ3n) is 3.50. The molecule has 1 saturated heterocycles. The summed E-state index contributed by atoms with van der Waals surface area (Å²) in [5.41, 5.74) is 4.52. The van der Waals surface area contributed by atoms with Crippen molar-refractivity contribution in [3.8, 4) is 5.75 Å². The lowest BCUT2D eigenvalue weighted by atomic mass is 10.3. The number of hydrogen-bond acceptors (Lipinski definition) is 6. The number of para-hydroxylation sites is 1. The standard InChI is InChI=1S/C17H17N3O5S/c21-15(10-20-8-9-26-17(20)23)18-19-16(22)14-7-6-13(25-14)11-24-12-4-2-1-3-5-12/h1-7H,8-11H2,(H,18,21)(H,19,22). The first-order chi connectivity index (χ1) is 12.6. The summed E-state index contributed by atoms with van der Waals surface area (Å²) in [4.78, 5) is 36.6. The molecule has 3 rings (SSSR count). The van der Waals surface area contributed by atoms with Crippen LogP contribution >= 0.6 is 11.8 Å². The highest BCUT2D eigenvalue weighted by molar-refractivity contribution is 8.13. The van der Waals surface area contributed by atoms with Gasteiger partial charge in [-0.1, -0.05) is 30.0 Å². The summed E-state index contributed by atoms with van der Waals surface area (Å²) < 4.78 is 10.9. The molecular weight excluding hydrogens is 358 g/mol. The molecular formula is C17H17N3O5S. The largest absolute Gasteiger partial charge is 0.486 e. The van der Waals surface area contributed by atoms with Crippen LogP contribution in [-0.4, -0.2) is 40.8 Å². The van der Waals surface area contributed by atoms with Crippen LogP contribution in [0.2, 0.25) is 0 Å². The summed E-state index contributed by atoms with van der Waals surface area (Å²) in [5, 5.41) is -0.138. The van der Waals surface area contributed by atoms with Crippen molar-refractivity contribution in [2.75, 3.05) is 18.8 Å². The minimum Gasteiger partial charge on any atom is -0.486 e. The number of thioether (sulfide) groups is 1. The van der Waals surface area contributed by atoms with Crippen LogP contribution in [-0.2, 0) is 11.4 Å². The molecule has 1 fully saturated rings.